The molecule has 2 rings (SSSR count). The Bertz CT molecular complexity index is 670. The van der Waals surface area contributed by atoms with Crippen LogP contribution in [0.1, 0.15) is 37.0 Å². The molecule has 1 aliphatic heterocycles. The molecule has 0 amide bonds. The summed E-state index contributed by atoms with van der Waals surface area (Å²) in [6.45, 7) is 5.42. The highest BCUT2D eigenvalue weighted by molar-refractivity contribution is 7.89. The lowest BCUT2D eigenvalue weighted by molar-refractivity contribution is 0.0596. The van der Waals surface area contributed by atoms with Crippen LogP contribution in [0.3, 0.4) is 0 Å². The van der Waals surface area contributed by atoms with E-state index in [1.807, 2.05) is 0 Å². The maximum atomic E-state index is 12.6. The number of methoxy groups -OCH3 is 1. The molecule has 1 aromatic rings. The summed E-state index contributed by atoms with van der Waals surface area (Å²) in [6.07, 6.45) is 2.13. The zero-order valence-electron chi connectivity index (χ0n) is 13.8. The van der Waals surface area contributed by atoms with Crippen LogP contribution in [-0.2, 0) is 14.8 Å². The zero-order chi connectivity index (χ0) is 17.1. The second kappa shape index (κ2) is 6.98. The summed E-state index contributed by atoms with van der Waals surface area (Å²) in [5.74, 6) is -0.665. The topological polar surface area (TPSA) is 84.5 Å². The van der Waals surface area contributed by atoms with Crippen molar-refractivity contribution < 1.29 is 17.9 Å². The lowest BCUT2D eigenvalue weighted by Gasteiger charge is -2.39. The number of carbonyl (C=O) groups is 1. The predicted molar refractivity (Wildman–Crippen MR) is 87.8 cm³/mol. The molecule has 1 unspecified atom stereocenters. The number of rotatable bonds is 5. The Morgan fingerprint density at radius 3 is 2.74 bits per heavy atom. The molecule has 23 heavy (non-hydrogen) atoms. The Morgan fingerprint density at radius 2 is 2.09 bits per heavy atom. The van der Waals surface area contributed by atoms with Crippen molar-refractivity contribution in [2.45, 2.75) is 37.6 Å². The largest absolute Gasteiger partial charge is 0.465 e. The Kier molecular flexibility index (Phi) is 5.44. The van der Waals surface area contributed by atoms with Gasteiger partial charge in [0.15, 0.2) is 0 Å². The van der Waals surface area contributed by atoms with Crippen molar-refractivity contribution >= 4 is 16.0 Å². The number of ether oxygens (including phenoxy) is 1. The van der Waals surface area contributed by atoms with Crippen molar-refractivity contribution in [3.05, 3.63) is 29.8 Å². The van der Waals surface area contributed by atoms with Gasteiger partial charge in [0.1, 0.15) is 0 Å². The number of hydrogen-bond acceptors (Lipinski definition) is 5. The third-order valence-electron chi connectivity index (χ3n) is 4.39. The normalized spacial score (nSPS) is 20.9. The number of hydrogen-bond donors (Lipinski definition) is 2. The average molecular weight is 340 g/mol. The van der Waals surface area contributed by atoms with E-state index in [4.69, 9.17) is 0 Å². The average Bonchev–Trinajstić information content (AvgIpc) is 2.52. The standard InChI is InChI=1S/C16H24N2O4S/c1-16(2)9-6-10-17-14(16)11-18-23(20,21)13-8-5-4-7-12(13)15(19)22-3/h4-5,7-8,14,17-18H,6,9-11H2,1-3H3. The molecular formula is C16H24N2O4S. The Labute approximate surface area is 137 Å². The van der Waals surface area contributed by atoms with E-state index >= 15 is 0 Å². The molecule has 0 aromatic heterocycles. The first kappa shape index (κ1) is 17.9. The smallest absolute Gasteiger partial charge is 0.339 e. The third-order valence-corrected chi connectivity index (χ3v) is 5.87. The van der Waals surface area contributed by atoms with E-state index in [0.29, 0.717) is 0 Å². The van der Waals surface area contributed by atoms with Gasteiger partial charge in [-0.2, -0.15) is 0 Å². The quantitative estimate of drug-likeness (QED) is 0.794. The van der Waals surface area contributed by atoms with Crippen LogP contribution in [0.5, 0.6) is 0 Å². The Morgan fingerprint density at radius 1 is 1.39 bits per heavy atom. The van der Waals surface area contributed by atoms with E-state index in [1.54, 1.807) is 12.1 Å². The van der Waals surface area contributed by atoms with Crippen molar-refractivity contribution in [3.8, 4) is 0 Å². The van der Waals surface area contributed by atoms with E-state index in [-0.39, 0.29) is 28.5 Å². The molecular weight excluding hydrogens is 316 g/mol. The van der Waals surface area contributed by atoms with Gasteiger partial charge in [-0.25, -0.2) is 17.9 Å². The van der Waals surface area contributed by atoms with Crippen LogP contribution >= 0.6 is 0 Å². The van der Waals surface area contributed by atoms with Gasteiger partial charge >= 0.3 is 5.97 Å². The second-order valence-corrected chi connectivity index (χ2v) is 8.17. The van der Waals surface area contributed by atoms with Crippen LogP contribution in [0.2, 0.25) is 0 Å². The molecule has 128 valence electrons. The lowest BCUT2D eigenvalue weighted by Crippen LogP contribution is -2.52. The van der Waals surface area contributed by atoms with Gasteiger partial charge in [-0.05, 0) is 36.9 Å². The summed E-state index contributed by atoms with van der Waals surface area (Å²) in [7, 11) is -2.56. The summed E-state index contributed by atoms with van der Waals surface area (Å²) >= 11 is 0. The first-order valence-electron chi connectivity index (χ1n) is 7.68. The molecule has 0 bridgehead atoms. The van der Waals surface area contributed by atoms with Crippen LogP contribution in [0, 0.1) is 5.41 Å². The molecule has 0 aliphatic carbocycles. The summed E-state index contributed by atoms with van der Waals surface area (Å²) in [5.41, 5.74) is 0.0567. The first-order chi connectivity index (χ1) is 10.8. The molecule has 1 heterocycles. The molecule has 1 fully saturated rings. The summed E-state index contributed by atoms with van der Waals surface area (Å²) in [6, 6.07) is 6.11. The number of carbonyl (C=O) groups excluding carboxylic acids is 1. The van der Waals surface area contributed by atoms with E-state index in [9.17, 15) is 13.2 Å². The minimum absolute atomic E-state index is 0.0165. The highest BCUT2D eigenvalue weighted by Gasteiger charge is 2.33. The molecule has 0 spiro atoms. The number of sulfonamides is 1. The van der Waals surface area contributed by atoms with E-state index in [1.165, 1.54) is 19.2 Å². The highest BCUT2D eigenvalue weighted by Crippen LogP contribution is 2.30. The van der Waals surface area contributed by atoms with Gasteiger partial charge in [0.25, 0.3) is 0 Å². The fraction of sp³-hybridized carbons (Fsp3) is 0.562. The van der Waals surface area contributed by atoms with Gasteiger partial charge in [0.2, 0.25) is 10.0 Å². The zero-order valence-corrected chi connectivity index (χ0v) is 14.6. The minimum atomic E-state index is -3.79. The number of esters is 1. The third kappa shape index (κ3) is 4.10. The molecule has 1 atom stereocenters. The van der Waals surface area contributed by atoms with E-state index < -0.39 is 16.0 Å². The van der Waals surface area contributed by atoms with Gasteiger partial charge in [0.05, 0.1) is 17.6 Å². The molecule has 7 heteroatoms. The first-order valence-corrected chi connectivity index (χ1v) is 9.16. The Balaban J connectivity index is 2.18. The van der Waals surface area contributed by atoms with Crippen molar-refractivity contribution in [1.82, 2.24) is 10.0 Å². The van der Waals surface area contributed by atoms with Gasteiger partial charge in [-0.15, -0.1) is 0 Å². The van der Waals surface area contributed by atoms with Crippen LogP contribution in [0.25, 0.3) is 0 Å². The van der Waals surface area contributed by atoms with Gasteiger partial charge < -0.3 is 10.1 Å². The predicted octanol–water partition coefficient (Wildman–Crippen LogP) is 1.53. The van der Waals surface area contributed by atoms with E-state index in [0.717, 1.165) is 19.4 Å². The number of benzene rings is 1. The minimum Gasteiger partial charge on any atom is -0.465 e. The van der Waals surface area contributed by atoms with Gasteiger partial charge in [-0.1, -0.05) is 26.0 Å². The maximum absolute atomic E-state index is 12.6. The van der Waals surface area contributed by atoms with Crippen molar-refractivity contribution in [3.63, 3.8) is 0 Å². The molecule has 6 nitrogen and oxygen atoms in total. The summed E-state index contributed by atoms with van der Waals surface area (Å²) in [4.78, 5) is 11.7. The summed E-state index contributed by atoms with van der Waals surface area (Å²) in [5, 5.41) is 3.36. The van der Waals surface area contributed by atoms with Crippen LogP contribution in [0.15, 0.2) is 29.2 Å². The van der Waals surface area contributed by atoms with Crippen molar-refractivity contribution in [1.29, 1.82) is 0 Å². The maximum Gasteiger partial charge on any atom is 0.339 e. The van der Waals surface area contributed by atoms with Crippen molar-refractivity contribution in [2.75, 3.05) is 20.2 Å². The van der Waals surface area contributed by atoms with Gasteiger partial charge in [-0.3, -0.25) is 0 Å². The fourth-order valence-electron chi connectivity index (χ4n) is 2.87. The second-order valence-electron chi connectivity index (χ2n) is 6.44. The number of piperidine rings is 1. The van der Waals surface area contributed by atoms with Crippen LogP contribution < -0.4 is 10.0 Å². The highest BCUT2D eigenvalue weighted by atomic mass is 32.2. The molecule has 1 aliphatic rings. The van der Waals surface area contributed by atoms with E-state index in [2.05, 4.69) is 28.6 Å². The number of nitrogens with one attached hydrogen (secondary N) is 2. The van der Waals surface area contributed by atoms with Crippen LogP contribution in [0.4, 0.5) is 0 Å². The molecule has 1 saturated heterocycles. The fourth-order valence-corrected chi connectivity index (χ4v) is 4.11. The SMILES string of the molecule is COC(=O)c1ccccc1S(=O)(=O)NCC1NCCCC1(C)C. The molecule has 1 aromatic carbocycles. The lowest BCUT2D eigenvalue weighted by atomic mass is 9.78. The molecule has 0 saturated carbocycles. The summed E-state index contributed by atoms with van der Waals surface area (Å²) < 4.78 is 32.4. The van der Waals surface area contributed by atoms with Crippen molar-refractivity contribution in [2.24, 2.45) is 5.41 Å². The molecule has 2 N–H and O–H groups in total. The van der Waals surface area contributed by atoms with Gasteiger partial charge in [0, 0.05) is 12.6 Å². The van der Waals surface area contributed by atoms with Crippen LogP contribution in [-0.4, -0.2) is 40.6 Å². The monoisotopic (exact) mass is 340 g/mol. The Hall–Kier alpha value is -1.44. The molecule has 0 radical (unpaired) electrons.